The fraction of sp³-hybridized carbons (Fsp3) is 0.647. The maximum absolute atomic E-state index is 12.0. The predicted molar refractivity (Wildman–Crippen MR) is 87.6 cm³/mol. The Bertz CT molecular complexity index is 525. The molecule has 2 rings (SSSR count). The van der Waals surface area contributed by atoms with Gasteiger partial charge in [0, 0.05) is 12.2 Å². The lowest BCUT2D eigenvalue weighted by molar-refractivity contribution is 0.0482. The molecule has 0 bridgehead atoms. The second-order valence-corrected chi connectivity index (χ2v) is 7.36. The third-order valence-electron chi connectivity index (χ3n) is 3.99. The Labute approximate surface area is 132 Å². The number of ether oxygens (including phenoxy) is 1. The second-order valence-electron chi connectivity index (χ2n) is 7.36. The van der Waals surface area contributed by atoms with Gasteiger partial charge in [-0.1, -0.05) is 6.92 Å². The predicted octanol–water partition coefficient (Wildman–Crippen LogP) is 3.46. The topological polar surface area (TPSA) is 77.2 Å². The van der Waals surface area contributed by atoms with Gasteiger partial charge in [-0.3, -0.25) is 4.98 Å². The van der Waals surface area contributed by atoms with Gasteiger partial charge in [-0.15, -0.1) is 0 Å². The molecular weight excluding hydrogens is 278 g/mol. The van der Waals surface area contributed by atoms with E-state index in [-0.39, 0.29) is 12.1 Å². The number of pyridine rings is 1. The molecule has 5 heteroatoms. The lowest BCUT2D eigenvalue weighted by Crippen LogP contribution is -2.42. The number of nitrogens with zero attached hydrogens (tertiary/aromatic N) is 1. The van der Waals surface area contributed by atoms with Crippen LogP contribution in [0.1, 0.15) is 58.4 Å². The third kappa shape index (κ3) is 4.61. The minimum Gasteiger partial charge on any atom is -0.444 e. The Kier molecular flexibility index (Phi) is 4.94. The fourth-order valence-electron chi connectivity index (χ4n) is 3.24. The van der Waals surface area contributed by atoms with Gasteiger partial charge in [-0.05, 0) is 63.5 Å². The van der Waals surface area contributed by atoms with Crippen LogP contribution >= 0.6 is 0 Å². The van der Waals surface area contributed by atoms with Gasteiger partial charge in [-0.25, -0.2) is 4.79 Å². The molecule has 0 saturated heterocycles. The molecule has 1 aliphatic carbocycles. The highest BCUT2D eigenvalue weighted by atomic mass is 16.6. The number of hydrogen-bond acceptors (Lipinski definition) is 4. The van der Waals surface area contributed by atoms with Gasteiger partial charge < -0.3 is 15.8 Å². The average molecular weight is 305 g/mol. The number of amides is 1. The van der Waals surface area contributed by atoms with Crippen molar-refractivity contribution in [1.29, 1.82) is 0 Å². The van der Waals surface area contributed by atoms with Gasteiger partial charge in [-0.2, -0.15) is 0 Å². The van der Waals surface area contributed by atoms with Gasteiger partial charge in [0.2, 0.25) is 0 Å². The average Bonchev–Trinajstić information content (AvgIpc) is 2.35. The number of nitrogen functional groups attached to an aromatic ring is 1. The number of carbonyl (C=O) groups excluding carboxylic acids is 1. The molecule has 5 nitrogen and oxygen atoms in total. The van der Waals surface area contributed by atoms with Gasteiger partial charge in [0.05, 0.1) is 11.9 Å². The van der Waals surface area contributed by atoms with Crippen molar-refractivity contribution < 1.29 is 9.53 Å². The molecule has 122 valence electrons. The van der Waals surface area contributed by atoms with Crippen LogP contribution in [0.2, 0.25) is 0 Å². The summed E-state index contributed by atoms with van der Waals surface area (Å²) in [5, 5.41) is 3.01. The SMILES string of the molecule is C[C@@H]1CC(NC(=O)OC(C)(C)C)C[C@H](c2ccncc2N)C1. The number of anilines is 1. The van der Waals surface area contributed by atoms with Crippen LogP contribution in [0.5, 0.6) is 0 Å². The summed E-state index contributed by atoms with van der Waals surface area (Å²) >= 11 is 0. The number of rotatable bonds is 2. The summed E-state index contributed by atoms with van der Waals surface area (Å²) in [6.07, 6.45) is 6.08. The van der Waals surface area contributed by atoms with E-state index >= 15 is 0 Å². The number of carbonyl (C=O) groups is 1. The van der Waals surface area contributed by atoms with Crippen LogP contribution in [-0.2, 0) is 4.74 Å². The summed E-state index contributed by atoms with van der Waals surface area (Å²) in [5.41, 5.74) is 7.45. The van der Waals surface area contributed by atoms with Gasteiger partial charge in [0.1, 0.15) is 5.60 Å². The van der Waals surface area contributed by atoms with E-state index in [9.17, 15) is 4.79 Å². The van der Waals surface area contributed by atoms with Crippen LogP contribution in [0.3, 0.4) is 0 Å². The molecule has 0 aliphatic heterocycles. The molecule has 1 fully saturated rings. The summed E-state index contributed by atoms with van der Waals surface area (Å²) in [4.78, 5) is 16.0. The van der Waals surface area contributed by atoms with Crippen LogP contribution in [0.15, 0.2) is 18.5 Å². The minimum atomic E-state index is -0.473. The molecule has 1 unspecified atom stereocenters. The number of hydrogen-bond donors (Lipinski definition) is 2. The first-order valence-electron chi connectivity index (χ1n) is 7.93. The first-order chi connectivity index (χ1) is 10.2. The molecule has 3 atom stereocenters. The van der Waals surface area contributed by atoms with Crippen molar-refractivity contribution >= 4 is 11.8 Å². The molecule has 3 N–H and O–H groups in total. The van der Waals surface area contributed by atoms with E-state index in [1.807, 2.05) is 26.8 Å². The first-order valence-corrected chi connectivity index (χ1v) is 7.93. The Morgan fingerprint density at radius 3 is 2.73 bits per heavy atom. The van der Waals surface area contributed by atoms with E-state index in [1.165, 1.54) is 0 Å². The maximum atomic E-state index is 12.0. The highest BCUT2D eigenvalue weighted by Crippen LogP contribution is 2.38. The van der Waals surface area contributed by atoms with E-state index in [1.54, 1.807) is 12.4 Å². The number of alkyl carbamates (subject to hydrolysis) is 1. The van der Waals surface area contributed by atoms with Crippen LogP contribution < -0.4 is 11.1 Å². The van der Waals surface area contributed by atoms with Gasteiger partial charge in [0.25, 0.3) is 0 Å². The molecule has 1 saturated carbocycles. The van der Waals surface area contributed by atoms with Crippen molar-refractivity contribution in [2.75, 3.05) is 5.73 Å². The summed E-state index contributed by atoms with van der Waals surface area (Å²) in [6, 6.07) is 2.11. The van der Waals surface area contributed by atoms with E-state index < -0.39 is 5.60 Å². The van der Waals surface area contributed by atoms with Crippen molar-refractivity contribution in [2.45, 2.75) is 64.5 Å². The van der Waals surface area contributed by atoms with Crippen molar-refractivity contribution in [3.05, 3.63) is 24.0 Å². The second kappa shape index (κ2) is 6.55. The van der Waals surface area contributed by atoms with E-state index in [4.69, 9.17) is 10.5 Å². The summed E-state index contributed by atoms with van der Waals surface area (Å²) in [7, 11) is 0. The van der Waals surface area contributed by atoms with E-state index in [0.29, 0.717) is 11.8 Å². The third-order valence-corrected chi connectivity index (χ3v) is 3.99. The van der Waals surface area contributed by atoms with Gasteiger partial charge >= 0.3 is 6.09 Å². The van der Waals surface area contributed by atoms with Crippen molar-refractivity contribution in [1.82, 2.24) is 10.3 Å². The van der Waals surface area contributed by atoms with E-state index in [0.717, 1.165) is 30.5 Å². The monoisotopic (exact) mass is 305 g/mol. The van der Waals surface area contributed by atoms with Crippen molar-refractivity contribution in [2.24, 2.45) is 5.92 Å². The Morgan fingerprint density at radius 1 is 1.36 bits per heavy atom. The zero-order valence-electron chi connectivity index (χ0n) is 13.9. The molecule has 1 aromatic rings. The van der Waals surface area contributed by atoms with Crippen LogP contribution in [-0.4, -0.2) is 22.7 Å². The van der Waals surface area contributed by atoms with Crippen molar-refractivity contribution in [3.8, 4) is 0 Å². The van der Waals surface area contributed by atoms with Gasteiger partial charge in [0.15, 0.2) is 0 Å². The van der Waals surface area contributed by atoms with Crippen LogP contribution in [0.25, 0.3) is 0 Å². The molecule has 1 aromatic heterocycles. The zero-order valence-corrected chi connectivity index (χ0v) is 13.9. The normalized spacial score (nSPS) is 25.5. The Morgan fingerprint density at radius 2 is 2.09 bits per heavy atom. The maximum Gasteiger partial charge on any atom is 0.407 e. The minimum absolute atomic E-state index is 0.121. The molecule has 0 spiro atoms. The number of aromatic nitrogens is 1. The summed E-state index contributed by atoms with van der Waals surface area (Å²) in [5.74, 6) is 0.887. The lowest BCUT2D eigenvalue weighted by Gasteiger charge is -2.34. The highest BCUT2D eigenvalue weighted by molar-refractivity contribution is 5.68. The largest absolute Gasteiger partial charge is 0.444 e. The molecule has 1 aliphatic rings. The summed E-state index contributed by atoms with van der Waals surface area (Å²) in [6.45, 7) is 7.83. The lowest BCUT2D eigenvalue weighted by atomic mass is 9.76. The number of nitrogens with two attached hydrogens (primary N) is 1. The quantitative estimate of drug-likeness (QED) is 0.877. The highest BCUT2D eigenvalue weighted by Gasteiger charge is 2.30. The zero-order chi connectivity index (χ0) is 16.3. The van der Waals surface area contributed by atoms with Crippen LogP contribution in [0, 0.1) is 5.92 Å². The molecule has 22 heavy (non-hydrogen) atoms. The number of nitrogens with one attached hydrogen (secondary N) is 1. The molecule has 1 amide bonds. The molecule has 1 heterocycles. The van der Waals surface area contributed by atoms with Crippen LogP contribution in [0.4, 0.5) is 10.5 Å². The first kappa shape index (κ1) is 16.6. The van der Waals surface area contributed by atoms with E-state index in [2.05, 4.69) is 17.2 Å². The standard InChI is InChI=1S/C17H27N3O2/c1-11-7-12(14-5-6-19-10-15(14)18)9-13(8-11)20-16(21)22-17(2,3)4/h5-6,10-13H,7-9,18H2,1-4H3,(H,20,21)/t11-,12+,13?/m0/s1. The molecular formula is C17H27N3O2. The van der Waals surface area contributed by atoms with Crippen molar-refractivity contribution in [3.63, 3.8) is 0 Å². The summed E-state index contributed by atoms with van der Waals surface area (Å²) < 4.78 is 5.36. The molecule has 0 radical (unpaired) electrons. The smallest absolute Gasteiger partial charge is 0.407 e. The Balaban J connectivity index is 2.02. The Hall–Kier alpha value is -1.78. The molecule has 0 aromatic carbocycles. The fourth-order valence-corrected chi connectivity index (χ4v) is 3.24.